The third kappa shape index (κ3) is 6.69. The van der Waals surface area contributed by atoms with Crippen LogP contribution < -0.4 is 5.32 Å². The van der Waals surface area contributed by atoms with Gasteiger partial charge in [0.25, 0.3) is 0 Å². The van der Waals surface area contributed by atoms with Crippen LogP contribution in [0.4, 0.5) is 0 Å². The first-order valence-corrected chi connectivity index (χ1v) is 7.94. The highest BCUT2D eigenvalue weighted by Gasteiger charge is 2.24. The number of nitriles is 1. The third-order valence-electron chi connectivity index (χ3n) is 3.86. The monoisotopic (exact) mass is 281 g/mol. The van der Waals surface area contributed by atoms with Crippen molar-refractivity contribution < 1.29 is 4.74 Å². The Labute approximate surface area is 124 Å². The number of ether oxygens (including phenoxy) is 1. The van der Waals surface area contributed by atoms with Gasteiger partial charge in [-0.2, -0.15) is 5.26 Å². The molecule has 1 aliphatic heterocycles. The molecule has 0 radical (unpaired) electrons. The summed E-state index contributed by atoms with van der Waals surface area (Å²) < 4.78 is 5.76. The number of rotatable bonds is 8. The van der Waals surface area contributed by atoms with E-state index in [4.69, 9.17) is 4.74 Å². The first-order valence-electron chi connectivity index (χ1n) is 7.94. The van der Waals surface area contributed by atoms with E-state index in [0.717, 1.165) is 32.5 Å². The number of nitrogens with one attached hydrogen (secondary N) is 1. The average molecular weight is 281 g/mol. The molecule has 1 heterocycles. The maximum atomic E-state index is 9.31. The minimum absolute atomic E-state index is 0.341. The van der Waals surface area contributed by atoms with Crippen LogP contribution in [-0.2, 0) is 4.74 Å². The molecule has 0 spiro atoms. The molecule has 2 atom stereocenters. The standard InChI is InChI=1S/C16H31N3O/c1-14(2)18-16(3,13-17)9-7-10-19(4)12-15-8-5-6-11-20-15/h14-15,18H,5-12H2,1-4H3. The molecule has 0 saturated carbocycles. The van der Waals surface area contributed by atoms with Gasteiger partial charge in [0.2, 0.25) is 0 Å². The lowest BCUT2D eigenvalue weighted by Crippen LogP contribution is -2.45. The van der Waals surface area contributed by atoms with Crippen LogP contribution in [0.5, 0.6) is 0 Å². The molecule has 1 aliphatic rings. The fourth-order valence-corrected chi connectivity index (χ4v) is 2.89. The summed E-state index contributed by atoms with van der Waals surface area (Å²) in [4.78, 5) is 2.34. The zero-order valence-corrected chi connectivity index (χ0v) is 13.6. The highest BCUT2D eigenvalue weighted by Crippen LogP contribution is 2.15. The Morgan fingerprint density at radius 2 is 2.20 bits per heavy atom. The molecule has 1 N–H and O–H groups in total. The van der Waals surface area contributed by atoms with E-state index in [-0.39, 0.29) is 0 Å². The fourth-order valence-electron chi connectivity index (χ4n) is 2.89. The van der Waals surface area contributed by atoms with Crippen molar-refractivity contribution in [2.24, 2.45) is 0 Å². The van der Waals surface area contributed by atoms with E-state index in [1.807, 2.05) is 6.92 Å². The molecule has 0 aliphatic carbocycles. The first-order chi connectivity index (χ1) is 9.45. The van der Waals surface area contributed by atoms with Crippen LogP contribution in [0.25, 0.3) is 0 Å². The van der Waals surface area contributed by atoms with Crippen LogP contribution in [-0.4, -0.2) is 49.3 Å². The molecular weight excluding hydrogens is 250 g/mol. The van der Waals surface area contributed by atoms with Crippen molar-refractivity contribution in [2.45, 2.75) is 70.6 Å². The molecule has 116 valence electrons. The van der Waals surface area contributed by atoms with Crippen molar-refractivity contribution in [1.82, 2.24) is 10.2 Å². The van der Waals surface area contributed by atoms with Gasteiger partial charge in [0.15, 0.2) is 0 Å². The van der Waals surface area contributed by atoms with Gasteiger partial charge >= 0.3 is 0 Å². The van der Waals surface area contributed by atoms with Gasteiger partial charge in [-0.3, -0.25) is 5.32 Å². The highest BCUT2D eigenvalue weighted by molar-refractivity contribution is 5.04. The van der Waals surface area contributed by atoms with Gasteiger partial charge in [-0.05, 0) is 66.5 Å². The van der Waals surface area contributed by atoms with Gasteiger partial charge in [0.05, 0.1) is 12.2 Å². The molecule has 1 saturated heterocycles. The van der Waals surface area contributed by atoms with E-state index in [1.54, 1.807) is 0 Å². The highest BCUT2D eigenvalue weighted by atomic mass is 16.5. The molecular formula is C16H31N3O. The number of likely N-dealkylation sites (N-methyl/N-ethyl adjacent to an activating group) is 1. The van der Waals surface area contributed by atoms with Gasteiger partial charge in [-0.15, -0.1) is 0 Å². The van der Waals surface area contributed by atoms with Crippen molar-refractivity contribution in [3.8, 4) is 6.07 Å². The Morgan fingerprint density at radius 1 is 1.45 bits per heavy atom. The van der Waals surface area contributed by atoms with E-state index >= 15 is 0 Å². The summed E-state index contributed by atoms with van der Waals surface area (Å²) in [7, 11) is 2.15. The molecule has 4 nitrogen and oxygen atoms in total. The Morgan fingerprint density at radius 3 is 2.75 bits per heavy atom. The van der Waals surface area contributed by atoms with Gasteiger partial charge in [-0.1, -0.05) is 0 Å². The minimum Gasteiger partial charge on any atom is -0.377 e. The normalized spacial score (nSPS) is 22.8. The van der Waals surface area contributed by atoms with Crippen LogP contribution in [0.15, 0.2) is 0 Å². The molecule has 1 fully saturated rings. The zero-order chi connectivity index (χ0) is 15.0. The van der Waals surface area contributed by atoms with Crippen LogP contribution in [0.2, 0.25) is 0 Å². The van der Waals surface area contributed by atoms with E-state index in [0.29, 0.717) is 12.1 Å². The van der Waals surface area contributed by atoms with Crippen molar-refractivity contribution >= 4 is 0 Å². The van der Waals surface area contributed by atoms with Gasteiger partial charge in [0, 0.05) is 19.2 Å². The molecule has 0 aromatic carbocycles. The van der Waals surface area contributed by atoms with E-state index in [2.05, 4.69) is 37.2 Å². The number of hydrogen-bond donors (Lipinski definition) is 1. The Bertz CT molecular complexity index is 307. The lowest BCUT2D eigenvalue weighted by Gasteiger charge is -2.29. The molecule has 20 heavy (non-hydrogen) atoms. The molecule has 0 bridgehead atoms. The minimum atomic E-state index is -0.406. The Balaban J connectivity index is 2.23. The lowest BCUT2D eigenvalue weighted by atomic mass is 9.96. The van der Waals surface area contributed by atoms with Crippen LogP contribution in [0.3, 0.4) is 0 Å². The van der Waals surface area contributed by atoms with Crippen molar-refractivity contribution in [3.05, 3.63) is 0 Å². The number of hydrogen-bond acceptors (Lipinski definition) is 4. The van der Waals surface area contributed by atoms with Crippen LogP contribution in [0, 0.1) is 11.3 Å². The van der Waals surface area contributed by atoms with Gasteiger partial charge < -0.3 is 9.64 Å². The summed E-state index contributed by atoms with van der Waals surface area (Å²) >= 11 is 0. The van der Waals surface area contributed by atoms with Gasteiger partial charge in [0.1, 0.15) is 5.54 Å². The molecule has 2 unspecified atom stereocenters. The van der Waals surface area contributed by atoms with Crippen LogP contribution in [0.1, 0.15) is 52.9 Å². The summed E-state index contributed by atoms with van der Waals surface area (Å²) in [5, 5.41) is 12.7. The molecule has 1 rings (SSSR count). The Kier molecular flexibility index (Phi) is 7.50. The summed E-state index contributed by atoms with van der Waals surface area (Å²) in [6.07, 6.45) is 6.02. The second-order valence-corrected chi connectivity index (χ2v) is 6.60. The number of nitrogens with zero attached hydrogens (tertiary/aromatic N) is 2. The van der Waals surface area contributed by atoms with E-state index in [9.17, 15) is 5.26 Å². The van der Waals surface area contributed by atoms with E-state index in [1.165, 1.54) is 19.3 Å². The largest absolute Gasteiger partial charge is 0.377 e. The van der Waals surface area contributed by atoms with Crippen molar-refractivity contribution in [3.63, 3.8) is 0 Å². The molecule has 0 aromatic rings. The van der Waals surface area contributed by atoms with Crippen molar-refractivity contribution in [1.29, 1.82) is 5.26 Å². The predicted molar refractivity (Wildman–Crippen MR) is 82.6 cm³/mol. The summed E-state index contributed by atoms with van der Waals surface area (Å²) in [6.45, 7) is 9.13. The predicted octanol–water partition coefficient (Wildman–Crippen LogP) is 2.55. The zero-order valence-electron chi connectivity index (χ0n) is 13.6. The van der Waals surface area contributed by atoms with Crippen LogP contribution >= 0.6 is 0 Å². The smallest absolute Gasteiger partial charge is 0.104 e. The molecule has 0 aromatic heterocycles. The average Bonchev–Trinajstić information content (AvgIpc) is 2.39. The van der Waals surface area contributed by atoms with Gasteiger partial charge in [-0.25, -0.2) is 0 Å². The SMILES string of the molecule is CC(C)NC(C)(C#N)CCCN(C)CC1CCCCO1. The molecule has 0 amide bonds. The molecule has 4 heteroatoms. The topological polar surface area (TPSA) is 48.3 Å². The third-order valence-corrected chi connectivity index (χ3v) is 3.86. The second kappa shape index (κ2) is 8.61. The Hall–Kier alpha value is -0.630. The maximum Gasteiger partial charge on any atom is 0.104 e. The first kappa shape index (κ1) is 17.4. The van der Waals surface area contributed by atoms with E-state index < -0.39 is 5.54 Å². The summed E-state index contributed by atoms with van der Waals surface area (Å²) in [5.74, 6) is 0. The van der Waals surface area contributed by atoms with Crippen molar-refractivity contribution in [2.75, 3.05) is 26.7 Å². The quantitative estimate of drug-likeness (QED) is 0.743. The second-order valence-electron chi connectivity index (χ2n) is 6.60. The maximum absolute atomic E-state index is 9.31. The lowest BCUT2D eigenvalue weighted by molar-refractivity contribution is -0.00173. The fraction of sp³-hybridized carbons (Fsp3) is 0.938. The summed E-state index contributed by atoms with van der Waals surface area (Å²) in [5.41, 5.74) is -0.406. The summed E-state index contributed by atoms with van der Waals surface area (Å²) in [6, 6.07) is 2.75.